The molecule has 0 aliphatic carbocycles. The van der Waals surface area contributed by atoms with Gasteiger partial charge in [0.1, 0.15) is 5.60 Å². The van der Waals surface area contributed by atoms with E-state index in [-0.39, 0.29) is 19.2 Å². The van der Waals surface area contributed by atoms with Gasteiger partial charge in [-0.3, -0.25) is 5.32 Å². The number of anilines is 1. The van der Waals surface area contributed by atoms with Crippen LogP contribution < -0.4 is 10.6 Å². The summed E-state index contributed by atoms with van der Waals surface area (Å²) in [6.07, 6.45) is 0. The monoisotopic (exact) mass is 306 g/mol. The molecular weight excluding hydrogens is 288 g/mol. The van der Waals surface area contributed by atoms with E-state index in [1.165, 1.54) is 18.4 Å². The van der Waals surface area contributed by atoms with Crippen molar-refractivity contribution < 1.29 is 14.6 Å². The molecular formula is C15H18N2O3S. The van der Waals surface area contributed by atoms with E-state index in [4.69, 9.17) is 4.74 Å². The summed E-state index contributed by atoms with van der Waals surface area (Å²) in [6, 6.07) is 12.4. The molecule has 6 heteroatoms. The van der Waals surface area contributed by atoms with E-state index in [2.05, 4.69) is 10.6 Å². The van der Waals surface area contributed by atoms with E-state index in [0.717, 1.165) is 5.00 Å². The van der Waals surface area contributed by atoms with Gasteiger partial charge in [0.15, 0.2) is 0 Å². The van der Waals surface area contributed by atoms with Gasteiger partial charge in [0, 0.05) is 7.11 Å². The maximum absolute atomic E-state index is 11.8. The molecule has 1 atom stereocenters. The minimum atomic E-state index is -1.26. The number of ether oxygens (including phenoxy) is 1. The minimum Gasteiger partial charge on any atom is -0.381 e. The van der Waals surface area contributed by atoms with E-state index in [1.54, 1.807) is 12.1 Å². The van der Waals surface area contributed by atoms with Crippen LogP contribution in [0.3, 0.4) is 0 Å². The molecule has 1 heterocycles. The molecule has 5 nitrogen and oxygen atoms in total. The fourth-order valence-corrected chi connectivity index (χ4v) is 2.57. The van der Waals surface area contributed by atoms with Crippen LogP contribution >= 0.6 is 11.3 Å². The number of hydrogen-bond acceptors (Lipinski definition) is 4. The second kappa shape index (κ2) is 7.21. The first kappa shape index (κ1) is 15.5. The van der Waals surface area contributed by atoms with Crippen LogP contribution in [0.4, 0.5) is 9.80 Å². The van der Waals surface area contributed by atoms with Crippen molar-refractivity contribution in [2.75, 3.05) is 25.6 Å². The highest BCUT2D eigenvalue weighted by atomic mass is 32.1. The lowest BCUT2D eigenvalue weighted by molar-refractivity contribution is -0.0324. The Morgan fingerprint density at radius 2 is 2.05 bits per heavy atom. The Morgan fingerprint density at radius 1 is 1.29 bits per heavy atom. The molecule has 0 aliphatic heterocycles. The highest BCUT2D eigenvalue weighted by Crippen LogP contribution is 2.21. The number of hydrogen-bond donors (Lipinski definition) is 3. The van der Waals surface area contributed by atoms with Crippen LogP contribution in [0.2, 0.25) is 0 Å². The summed E-state index contributed by atoms with van der Waals surface area (Å²) in [5, 5.41) is 18.7. The molecule has 0 saturated heterocycles. The summed E-state index contributed by atoms with van der Waals surface area (Å²) in [4.78, 5) is 11.8. The van der Waals surface area contributed by atoms with E-state index >= 15 is 0 Å². The van der Waals surface area contributed by atoms with Gasteiger partial charge in [0.25, 0.3) is 0 Å². The molecule has 21 heavy (non-hydrogen) atoms. The summed E-state index contributed by atoms with van der Waals surface area (Å²) < 4.78 is 5.08. The number of rotatable bonds is 6. The van der Waals surface area contributed by atoms with Crippen molar-refractivity contribution in [3.8, 4) is 0 Å². The molecule has 0 fully saturated rings. The first-order valence-electron chi connectivity index (χ1n) is 6.49. The minimum absolute atomic E-state index is 0.0576. The van der Waals surface area contributed by atoms with E-state index < -0.39 is 5.60 Å². The first-order chi connectivity index (χ1) is 10.1. The normalized spacial score (nSPS) is 13.4. The molecule has 0 saturated carbocycles. The first-order valence-corrected chi connectivity index (χ1v) is 7.37. The maximum atomic E-state index is 11.8. The van der Waals surface area contributed by atoms with Gasteiger partial charge in [-0.2, -0.15) is 0 Å². The van der Waals surface area contributed by atoms with Gasteiger partial charge >= 0.3 is 6.03 Å². The van der Waals surface area contributed by atoms with Crippen molar-refractivity contribution in [2.45, 2.75) is 5.60 Å². The second-order valence-corrected chi connectivity index (χ2v) is 5.56. The number of amides is 2. The Bertz CT molecular complexity index is 560. The highest BCUT2D eigenvalue weighted by molar-refractivity contribution is 7.14. The van der Waals surface area contributed by atoms with Crippen LogP contribution in [0.15, 0.2) is 47.8 Å². The van der Waals surface area contributed by atoms with Crippen molar-refractivity contribution in [2.24, 2.45) is 0 Å². The van der Waals surface area contributed by atoms with Crippen molar-refractivity contribution in [1.29, 1.82) is 0 Å². The van der Waals surface area contributed by atoms with Crippen LogP contribution in [0.25, 0.3) is 0 Å². The number of benzene rings is 1. The SMILES string of the molecule is COC[C@@](O)(CNC(=O)Nc1cccs1)c1ccccc1. The lowest BCUT2D eigenvalue weighted by Gasteiger charge is -2.28. The van der Waals surface area contributed by atoms with Gasteiger partial charge < -0.3 is 15.2 Å². The van der Waals surface area contributed by atoms with Crippen LogP contribution in [0, 0.1) is 0 Å². The van der Waals surface area contributed by atoms with Crippen molar-refractivity contribution >= 4 is 22.4 Å². The molecule has 1 aromatic heterocycles. The number of thiophene rings is 1. The van der Waals surface area contributed by atoms with Crippen molar-refractivity contribution in [3.05, 3.63) is 53.4 Å². The lowest BCUT2D eigenvalue weighted by Crippen LogP contribution is -2.45. The fourth-order valence-electron chi connectivity index (χ4n) is 1.96. The molecule has 0 bridgehead atoms. The Morgan fingerprint density at radius 3 is 2.67 bits per heavy atom. The third-order valence-electron chi connectivity index (χ3n) is 2.99. The standard InChI is InChI=1S/C15H18N2O3S/c1-20-11-15(19,12-6-3-2-4-7-12)10-16-14(18)17-13-8-5-9-21-13/h2-9,19H,10-11H2,1H3,(H2,16,17,18)/t15-/m0/s1. The van der Waals surface area contributed by atoms with Crippen molar-refractivity contribution in [3.63, 3.8) is 0 Å². The average Bonchev–Trinajstić information content (AvgIpc) is 2.99. The van der Waals surface area contributed by atoms with E-state index in [0.29, 0.717) is 5.56 Å². The topological polar surface area (TPSA) is 70.6 Å². The maximum Gasteiger partial charge on any atom is 0.319 e. The van der Waals surface area contributed by atoms with Crippen LogP contribution in [-0.4, -0.2) is 31.4 Å². The average molecular weight is 306 g/mol. The highest BCUT2D eigenvalue weighted by Gasteiger charge is 2.29. The van der Waals surface area contributed by atoms with Crippen molar-refractivity contribution in [1.82, 2.24) is 5.32 Å². The van der Waals surface area contributed by atoms with Crippen LogP contribution in [0.5, 0.6) is 0 Å². The van der Waals surface area contributed by atoms with Gasteiger partial charge in [-0.25, -0.2) is 4.79 Å². The number of aliphatic hydroxyl groups is 1. The zero-order valence-electron chi connectivity index (χ0n) is 11.7. The van der Waals surface area contributed by atoms with E-state index in [9.17, 15) is 9.90 Å². The predicted molar refractivity (Wildman–Crippen MR) is 83.6 cm³/mol. The quantitative estimate of drug-likeness (QED) is 0.767. The number of urea groups is 1. The zero-order chi connectivity index (χ0) is 15.1. The summed E-state index contributed by atoms with van der Waals surface area (Å²) in [6.45, 7) is 0.151. The van der Waals surface area contributed by atoms with Gasteiger partial charge in [-0.05, 0) is 23.1 Å². The van der Waals surface area contributed by atoms with Gasteiger partial charge in [0.2, 0.25) is 0 Å². The molecule has 3 N–H and O–H groups in total. The Balaban J connectivity index is 1.98. The number of carbonyl (C=O) groups is 1. The molecule has 0 unspecified atom stereocenters. The zero-order valence-corrected chi connectivity index (χ0v) is 12.5. The largest absolute Gasteiger partial charge is 0.381 e. The molecule has 0 spiro atoms. The summed E-state index contributed by atoms with van der Waals surface area (Å²) >= 11 is 1.43. The number of carbonyl (C=O) groups excluding carboxylic acids is 1. The molecule has 2 rings (SSSR count). The molecule has 1 aromatic carbocycles. The van der Waals surface area contributed by atoms with Gasteiger partial charge in [0.05, 0.1) is 18.2 Å². The molecule has 112 valence electrons. The van der Waals surface area contributed by atoms with E-state index in [1.807, 2.05) is 35.7 Å². The number of methoxy groups -OCH3 is 1. The Hall–Kier alpha value is -1.89. The number of nitrogens with one attached hydrogen (secondary N) is 2. The smallest absolute Gasteiger partial charge is 0.319 e. The summed E-state index contributed by atoms with van der Waals surface area (Å²) in [7, 11) is 1.51. The lowest BCUT2D eigenvalue weighted by atomic mass is 9.94. The fraction of sp³-hybridized carbons (Fsp3) is 0.267. The summed E-state index contributed by atoms with van der Waals surface area (Å²) in [5.41, 5.74) is -0.564. The molecule has 0 aliphatic rings. The molecule has 0 radical (unpaired) electrons. The van der Waals surface area contributed by atoms with Gasteiger partial charge in [-0.15, -0.1) is 11.3 Å². The van der Waals surface area contributed by atoms with Crippen LogP contribution in [0.1, 0.15) is 5.56 Å². The third-order valence-corrected chi connectivity index (χ3v) is 3.78. The predicted octanol–water partition coefficient (Wildman–Crippen LogP) is 2.40. The second-order valence-electron chi connectivity index (χ2n) is 4.62. The molecule has 2 amide bonds. The Kier molecular flexibility index (Phi) is 5.32. The molecule has 2 aromatic rings. The Labute approximate surface area is 127 Å². The third kappa shape index (κ3) is 4.29. The van der Waals surface area contributed by atoms with Gasteiger partial charge in [-0.1, -0.05) is 30.3 Å². The van der Waals surface area contributed by atoms with Crippen LogP contribution in [-0.2, 0) is 10.3 Å². The summed E-state index contributed by atoms with van der Waals surface area (Å²) in [5.74, 6) is 0.